The summed E-state index contributed by atoms with van der Waals surface area (Å²) < 4.78 is 0. The van der Waals surface area contributed by atoms with Crippen LogP contribution >= 0.6 is 0 Å². The lowest BCUT2D eigenvalue weighted by atomic mass is 9.60. The van der Waals surface area contributed by atoms with E-state index in [1.165, 1.54) is 44.9 Å². The van der Waals surface area contributed by atoms with Crippen LogP contribution in [0.4, 0.5) is 0 Å². The first kappa shape index (κ1) is 23.8. The van der Waals surface area contributed by atoms with Crippen LogP contribution in [0.3, 0.4) is 0 Å². The summed E-state index contributed by atoms with van der Waals surface area (Å²) in [5.74, 6) is 3.95. The number of rotatable bonds is 6. The lowest BCUT2D eigenvalue weighted by Gasteiger charge is -2.44. The van der Waals surface area contributed by atoms with E-state index in [2.05, 4.69) is 53.3 Å². The molecule has 2 N–H and O–H groups in total. The predicted molar refractivity (Wildman–Crippen MR) is 127 cm³/mol. The summed E-state index contributed by atoms with van der Waals surface area (Å²) in [6.45, 7) is 16.3. The molecule has 4 unspecified atom stereocenters. The minimum atomic E-state index is -0.597. The first-order valence-corrected chi connectivity index (χ1v) is 12.6. The second kappa shape index (κ2) is 9.74. The van der Waals surface area contributed by atoms with Gasteiger partial charge >= 0.3 is 0 Å². The van der Waals surface area contributed by atoms with Crippen LogP contribution in [0.25, 0.3) is 0 Å². The maximum absolute atomic E-state index is 10.1. The van der Waals surface area contributed by atoms with Crippen LogP contribution in [0.2, 0.25) is 0 Å². The molecule has 0 bridgehead atoms. The van der Waals surface area contributed by atoms with Crippen molar-refractivity contribution < 1.29 is 10.2 Å². The molecule has 0 spiro atoms. The number of allylic oxidation sites excluding steroid dienone is 3. The van der Waals surface area contributed by atoms with E-state index in [0.29, 0.717) is 24.2 Å². The third-order valence-electron chi connectivity index (χ3n) is 9.20. The summed E-state index contributed by atoms with van der Waals surface area (Å²) in [5.41, 5.74) is 3.87. The smallest absolute Gasteiger partial charge is 0.0811 e. The lowest BCUT2D eigenvalue weighted by molar-refractivity contribution is 0.0861. The van der Waals surface area contributed by atoms with Crippen LogP contribution in [0.1, 0.15) is 92.4 Å². The maximum Gasteiger partial charge on any atom is 0.0811 e. The van der Waals surface area contributed by atoms with Gasteiger partial charge in [-0.05, 0) is 84.7 Å². The fraction of sp³-hybridized carbons (Fsp3) is 0.786. The van der Waals surface area contributed by atoms with Gasteiger partial charge in [0.05, 0.1) is 12.2 Å². The summed E-state index contributed by atoms with van der Waals surface area (Å²) in [4.78, 5) is 0. The normalized spacial score (nSPS) is 39.5. The monoisotopic (exact) mass is 414 g/mol. The molecule has 2 heteroatoms. The molecule has 3 rings (SSSR count). The molecular formula is C28H46O2. The highest BCUT2D eigenvalue weighted by Crippen LogP contribution is 2.60. The average Bonchev–Trinajstić information content (AvgIpc) is 3.04. The Kier molecular flexibility index (Phi) is 7.72. The first-order valence-electron chi connectivity index (χ1n) is 12.6. The number of hydrogen-bond donors (Lipinski definition) is 2. The molecule has 3 fully saturated rings. The summed E-state index contributed by atoms with van der Waals surface area (Å²) in [6.07, 6.45) is 13.8. The van der Waals surface area contributed by atoms with Gasteiger partial charge in [0, 0.05) is 6.42 Å². The van der Waals surface area contributed by atoms with E-state index in [1.807, 2.05) is 0 Å². The van der Waals surface area contributed by atoms with Crippen molar-refractivity contribution in [3.05, 3.63) is 35.5 Å². The van der Waals surface area contributed by atoms with E-state index in [4.69, 9.17) is 0 Å². The number of hydrogen-bond acceptors (Lipinski definition) is 2. The first-order chi connectivity index (χ1) is 14.1. The van der Waals surface area contributed by atoms with Crippen LogP contribution in [-0.2, 0) is 0 Å². The molecule has 7 atom stereocenters. The Morgan fingerprint density at radius 1 is 1.10 bits per heavy atom. The highest BCUT2D eigenvalue weighted by Gasteiger charge is 2.50. The van der Waals surface area contributed by atoms with E-state index in [9.17, 15) is 10.2 Å². The van der Waals surface area contributed by atoms with Crippen molar-refractivity contribution in [3.63, 3.8) is 0 Å². The second-order valence-corrected chi connectivity index (χ2v) is 11.4. The lowest BCUT2D eigenvalue weighted by Crippen LogP contribution is -2.36. The van der Waals surface area contributed by atoms with Gasteiger partial charge in [-0.1, -0.05) is 71.8 Å². The van der Waals surface area contributed by atoms with Gasteiger partial charge < -0.3 is 10.2 Å². The number of fused-ring (bicyclic) bond motifs is 1. The summed E-state index contributed by atoms with van der Waals surface area (Å²) in [5, 5.41) is 20.2. The Morgan fingerprint density at radius 2 is 1.83 bits per heavy atom. The minimum absolute atomic E-state index is 0.419. The Labute approximate surface area is 185 Å². The predicted octanol–water partition coefficient (Wildman–Crippen LogP) is 6.84. The van der Waals surface area contributed by atoms with Gasteiger partial charge in [0.15, 0.2) is 0 Å². The van der Waals surface area contributed by atoms with Crippen LogP contribution in [-0.4, -0.2) is 22.4 Å². The number of aliphatic hydroxyl groups is 2. The van der Waals surface area contributed by atoms with E-state index in [-0.39, 0.29) is 0 Å². The molecule has 0 radical (unpaired) electrons. The highest BCUT2D eigenvalue weighted by molar-refractivity contribution is 5.38. The molecule has 0 aromatic rings. The van der Waals surface area contributed by atoms with E-state index < -0.39 is 12.2 Å². The summed E-state index contributed by atoms with van der Waals surface area (Å²) in [7, 11) is 0. The molecule has 3 aliphatic carbocycles. The molecule has 0 saturated heterocycles. The molecule has 2 nitrogen and oxygen atoms in total. The molecule has 3 aliphatic rings. The molecule has 0 heterocycles. The zero-order chi connectivity index (χ0) is 22.1. The Balaban J connectivity index is 1.72. The van der Waals surface area contributed by atoms with Crippen molar-refractivity contribution in [2.75, 3.05) is 0 Å². The van der Waals surface area contributed by atoms with Crippen molar-refractivity contribution in [1.29, 1.82) is 0 Å². The van der Waals surface area contributed by atoms with E-state index in [0.717, 1.165) is 34.8 Å². The van der Waals surface area contributed by atoms with Crippen LogP contribution in [0, 0.1) is 35.0 Å². The molecule has 30 heavy (non-hydrogen) atoms. The fourth-order valence-corrected chi connectivity index (χ4v) is 6.74. The van der Waals surface area contributed by atoms with Gasteiger partial charge in [-0.2, -0.15) is 0 Å². The van der Waals surface area contributed by atoms with Crippen LogP contribution in [0.5, 0.6) is 0 Å². The van der Waals surface area contributed by atoms with Crippen molar-refractivity contribution in [1.82, 2.24) is 0 Å². The Bertz CT molecular complexity index is 672. The minimum Gasteiger partial charge on any atom is -0.393 e. The SMILES string of the molecule is C=C1/C(=C\C=C2/CCCC3(C)C2CC[C@@H]3[C@H](C)CCC(C)C(C)C)C[C@@H](O)CC1O. The molecule has 0 aromatic heterocycles. The highest BCUT2D eigenvalue weighted by atomic mass is 16.3. The van der Waals surface area contributed by atoms with Crippen LogP contribution < -0.4 is 0 Å². The van der Waals surface area contributed by atoms with Gasteiger partial charge in [0.25, 0.3) is 0 Å². The van der Waals surface area contributed by atoms with Gasteiger partial charge in [-0.15, -0.1) is 0 Å². The molecule has 0 aliphatic heterocycles. The molecular weight excluding hydrogens is 368 g/mol. The van der Waals surface area contributed by atoms with Gasteiger partial charge in [-0.3, -0.25) is 0 Å². The van der Waals surface area contributed by atoms with E-state index in [1.54, 1.807) is 5.57 Å². The van der Waals surface area contributed by atoms with E-state index >= 15 is 0 Å². The van der Waals surface area contributed by atoms with Gasteiger partial charge in [-0.25, -0.2) is 0 Å². The fourth-order valence-electron chi connectivity index (χ4n) is 6.74. The van der Waals surface area contributed by atoms with Gasteiger partial charge in [0.1, 0.15) is 0 Å². The van der Waals surface area contributed by atoms with Crippen molar-refractivity contribution in [2.45, 2.75) is 105 Å². The standard InChI is InChI=1S/C28H46O2/c1-18(2)19(3)9-10-20(4)25-13-14-26-22(8-7-15-28(25,26)6)11-12-23-16-24(29)17-27(30)21(23)5/h11-12,18-20,24-27,29-30H,5,7-10,13-17H2,1-4,6H3/b22-11+,23-12-/t19?,20-,24-,25-,26?,27?,28?/m1/s1. The van der Waals surface area contributed by atoms with Crippen molar-refractivity contribution in [3.8, 4) is 0 Å². The molecule has 0 amide bonds. The Hall–Kier alpha value is -0.860. The van der Waals surface area contributed by atoms with Crippen molar-refractivity contribution >= 4 is 0 Å². The maximum atomic E-state index is 10.1. The third kappa shape index (κ3) is 4.96. The van der Waals surface area contributed by atoms with Gasteiger partial charge in [0.2, 0.25) is 0 Å². The Morgan fingerprint density at radius 3 is 2.53 bits per heavy atom. The molecule has 170 valence electrons. The topological polar surface area (TPSA) is 40.5 Å². The quantitative estimate of drug-likeness (QED) is 0.500. The summed E-state index contributed by atoms with van der Waals surface area (Å²) >= 11 is 0. The molecule has 0 aromatic carbocycles. The third-order valence-corrected chi connectivity index (χ3v) is 9.20. The average molecular weight is 415 g/mol. The van der Waals surface area contributed by atoms with Crippen molar-refractivity contribution in [2.24, 2.45) is 35.0 Å². The zero-order valence-corrected chi connectivity index (χ0v) is 20.2. The largest absolute Gasteiger partial charge is 0.393 e. The van der Waals surface area contributed by atoms with Crippen LogP contribution in [0.15, 0.2) is 35.5 Å². The molecule has 3 saturated carbocycles. The number of aliphatic hydroxyl groups excluding tert-OH is 2. The zero-order valence-electron chi connectivity index (χ0n) is 20.2. The second-order valence-electron chi connectivity index (χ2n) is 11.4. The summed E-state index contributed by atoms with van der Waals surface area (Å²) in [6, 6.07) is 0.